The maximum Gasteiger partial charge on any atom is 0.305 e. The number of ether oxygens (including phenoxy) is 1. The van der Waals surface area contributed by atoms with Gasteiger partial charge < -0.3 is 9.84 Å². The lowest BCUT2D eigenvalue weighted by molar-refractivity contribution is -0.149. The van der Waals surface area contributed by atoms with Gasteiger partial charge in [0.2, 0.25) is 0 Å². The van der Waals surface area contributed by atoms with Crippen molar-refractivity contribution in [3.05, 3.63) is 24.3 Å². The van der Waals surface area contributed by atoms with E-state index in [0.717, 1.165) is 64.2 Å². The number of hydrogen-bond donors (Lipinski definition) is 1. The molecular formula is C27H48O4. The molecule has 0 bridgehead atoms. The highest BCUT2D eigenvalue weighted by Gasteiger charge is 2.12. The molecule has 0 aliphatic rings. The first kappa shape index (κ1) is 29.4. The van der Waals surface area contributed by atoms with Crippen LogP contribution in [0.2, 0.25) is 0 Å². The minimum absolute atomic E-state index is 0.0208. The van der Waals surface area contributed by atoms with Crippen LogP contribution in [0.5, 0.6) is 0 Å². The summed E-state index contributed by atoms with van der Waals surface area (Å²) in [5.41, 5.74) is 0. The van der Waals surface area contributed by atoms with Gasteiger partial charge in [0.15, 0.2) is 0 Å². The average molecular weight is 437 g/mol. The van der Waals surface area contributed by atoms with Gasteiger partial charge in [0.05, 0.1) is 0 Å². The Kier molecular flexibility index (Phi) is 21.9. The molecule has 0 spiro atoms. The summed E-state index contributed by atoms with van der Waals surface area (Å²) in [5, 5.41) is 8.66. The van der Waals surface area contributed by atoms with Crippen LogP contribution in [0.15, 0.2) is 24.3 Å². The number of allylic oxidation sites excluding steroid dienone is 4. The molecule has 0 aliphatic carbocycles. The van der Waals surface area contributed by atoms with Crippen LogP contribution in [0.4, 0.5) is 0 Å². The van der Waals surface area contributed by atoms with E-state index >= 15 is 0 Å². The number of carbonyl (C=O) groups excluding carboxylic acids is 1. The molecule has 0 saturated heterocycles. The van der Waals surface area contributed by atoms with Crippen molar-refractivity contribution in [1.82, 2.24) is 0 Å². The second kappa shape index (κ2) is 23.1. The number of hydrogen-bond acceptors (Lipinski definition) is 3. The highest BCUT2D eigenvalue weighted by atomic mass is 16.5. The normalized spacial score (nSPS) is 12.6. The minimum atomic E-state index is -0.714. The Hall–Kier alpha value is -1.58. The third-order valence-corrected chi connectivity index (χ3v) is 5.48. The molecule has 0 amide bonds. The zero-order chi connectivity index (χ0) is 23.0. The molecule has 0 rings (SSSR count). The summed E-state index contributed by atoms with van der Waals surface area (Å²) >= 11 is 0. The standard InChI is InChI=1S/C27H48O4/c1-3-5-6-7-8-9-10-11-12-13-14-16-19-22-25(31-27(30)4-2)23-20-17-15-18-21-24-26(28)29/h10-11,13-14,25H,3-9,12,15-24H2,1-2H3,(H,28,29)/b11-10-,14-13-. The lowest BCUT2D eigenvalue weighted by Gasteiger charge is -2.17. The van der Waals surface area contributed by atoms with Gasteiger partial charge in [0.25, 0.3) is 0 Å². The number of aliphatic carboxylic acids is 1. The lowest BCUT2D eigenvalue weighted by Crippen LogP contribution is -2.17. The van der Waals surface area contributed by atoms with E-state index in [-0.39, 0.29) is 18.5 Å². The molecule has 4 heteroatoms. The van der Waals surface area contributed by atoms with E-state index in [4.69, 9.17) is 9.84 Å². The maximum absolute atomic E-state index is 11.7. The molecule has 1 unspecified atom stereocenters. The zero-order valence-electron chi connectivity index (χ0n) is 20.3. The average Bonchev–Trinajstić information content (AvgIpc) is 2.75. The molecule has 0 aromatic carbocycles. The Bertz CT molecular complexity index is 482. The number of rotatable bonds is 22. The smallest absolute Gasteiger partial charge is 0.305 e. The number of carbonyl (C=O) groups is 2. The topological polar surface area (TPSA) is 63.6 Å². The van der Waals surface area contributed by atoms with E-state index in [1.165, 1.54) is 38.5 Å². The quantitative estimate of drug-likeness (QED) is 0.106. The van der Waals surface area contributed by atoms with Crippen LogP contribution in [0.25, 0.3) is 0 Å². The van der Waals surface area contributed by atoms with Gasteiger partial charge in [-0.3, -0.25) is 9.59 Å². The van der Waals surface area contributed by atoms with Crippen LogP contribution < -0.4 is 0 Å². The summed E-state index contributed by atoms with van der Waals surface area (Å²) in [5.74, 6) is -0.823. The van der Waals surface area contributed by atoms with Crippen LogP contribution in [0.1, 0.15) is 129 Å². The fraction of sp³-hybridized carbons (Fsp3) is 0.778. The largest absolute Gasteiger partial charge is 0.481 e. The molecule has 0 heterocycles. The molecular weight excluding hydrogens is 388 g/mol. The number of carboxylic acids is 1. The summed E-state index contributed by atoms with van der Waals surface area (Å²) < 4.78 is 5.61. The van der Waals surface area contributed by atoms with E-state index in [0.29, 0.717) is 6.42 Å². The third kappa shape index (κ3) is 22.9. The first-order valence-corrected chi connectivity index (χ1v) is 12.8. The summed E-state index contributed by atoms with van der Waals surface area (Å²) in [6.45, 7) is 4.09. The molecule has 1 N–H and O–H groups in total. The molecule has 0 aromatic heterocycles. The minimum Gasteiger partial charge on any atom is -0.481 e. The van der Waals surface area contributed by atoms with Crippen molar-refractivity contribution in [1.29, 1.82) is 0 Å². The van der Waals surface area contributed by atoms with Crippen LogP contribution in [0.3, 0.4) is 0 Å². The maximum atomic E-state index is 11.7. The van der Waals surface area contributed by atoms with Crippen LogP contribution in [-0.2, 0) is 14.3 Å². The molecule has 0 fully saturated rings. The van der Waals surface area contributed by atoms with Crippen molar-refractivity contribution in [2.75, 3.05) is 0 Å². The zero-order valence-corrected chi connectivity index (χ0v) is 20.3. The van der Waals surface area contributed by atoms with E-state index in [1.807, 2.05) is 6.92 Å². The highest BCUT2D eigenvalue weighted by Crippen LogP contribution is 2.16. The second-order valence-electron chi connectivity index (χ2n) is 8.48. The highest BCUT2D eigenvalue weighted by molar-refractivity contribution is 5.69. The summed E-state index contributed by atoms with van der Waals surface area (Å²) in [6, 6.07) is 0. The third-order valence-electron chi connectivity index (χ3n) is 5.48. The van der Waals surface area contributed by atoms with Gasteiger partial charge in [-0.15, -0.1) is 0 Å². The first-order chi connectivity index (χ1) is 15.1. The van der Waals surface area contributed by atoms with Crippen molar-refractivity contribution in [3.8, 4) is 0 Å². The molecule has 0 radical (unpaired) electrons. The van der Waals surface area contributed by atoms with Crippen molar-refractivity contribution >= 4 is 11.9 Å². The van der Waals surface area contributed by atoms with Crippen molar-refractivity contribution in [2.45, 2.75) is 136 Å². The van der Waals surface area contributed by atoms with Crippen LogP contribution in [-0.4, -0.2) is 23.1 Å². The summed E-state index contributed by atoms with van der Waals surface area (Å²) in [6.07, 6.45) is 27.4. The number of unbranched alkanes of at least 4 members (excludes halogenated alkanes) is 10. The summed E-state index contributed by atoms with van der Waals surface area (Å²) in [4.78, 5) is 22.2. The van der Waals surface area contributed by atoms with Crippen molar-refractivity contribution in [3.63, 3.8) is 0 Å². The molecule has 4 nitrogen and oxygen atoms in total. The Balaban J connectivity index is 3.85. The fourth-order valence-electron chi connectivity index (χ4n) is 3.55. The number of carboxylic acid groups (broad SMARTS) is 1. The number of esters is 1. The molecule has 31 heavy (non-hydrogen) atoms. The van der Waals surface area contributed by atoms with E-state index < -0.39 is 5.97 Å². The predicted octanol–water partition coefficient (Wildman–Crippen LogP) is 8.16. The van der Waals surface area contributed by atoms with Gasteiger partial charge in [-0.05, 0) is 57.8 Å². The van der Waals surface area contributed by atoms with Gasteiger partial charge in [-0.25, -0.2) is 0 Å². The van der Waals surface area contributed by atoms with Gasteiger partial charge in [-0.1, -0.05) is 83.1 Å². The molecule has 0 aliphatic heterocycles. The molecule has 180 valence electrons. The Morgan fingerprint density at radius 2 is 1.32 bits per heavy atom. The van der Waals surface area contributed by atoms with E-state index in [1.54, 1.807) is 0 Å². The molecule has 0 aromatic rings. The van der Waals surface area contributed by atoms with Crippen molar-refractivity contribution in [2.24, 2.45) is 0 Å². The fourth-order valence-corrected chi connectivity index (χ4v) is 3.55. The van der Waals surface area contributed by atoms with Gasteiger partial charge in [-0.2, -0.15) is 0 Å². The van der Waals surface area contributed by atoms with Crippen molar-refractivity contribution < 1.29 is 19.4 Å². The van der Waals surface area contributed by atoms with Gasteiger partial charge in [0, 0.05) is 12.8 Å². The Labute approximate surface area is 191 Å². The van der Waals surface area contributed by atoms with Crippen LogP contribution >= 0.6 is 0 Å². The van der Waals surface area contributed by atoms with Crippen LogP contribution in [0, 0.1) is 0 Å². The van der Waals surface area contributed by atoms with E-state index in [2.05, 4.69) is 31.2 Å². The molecule has 1 atom stereocenters. The first-order valence-electron chi connectivity index (χ1n) is 12.8. The summed E-state index contributed by atoms with van der Waals surface area (Å²) in [7, 11) is 0. The predicted molar refractivity (Wildman–Crippen MR) is 130 cm³/mol. The Morgan fingerprint density at radius 3 is 2.00 bits per heavy atom. The Morgan fingerprint density at radius 1 is 0.742 bits per heavy atom. The second-order valence-corrected chi connectivity index (χ2v) is 8.48. The SMILES string of the molecule is CCCCCCC/C=C\C/C=C\CCCC(CCCCCCCC(=O)O)OC(=O)CC. The van der Waals surface area contributed by atoms with Gasteiger partial charge >= 0.3 is 11.9 Å². The van der Waals surface area contributed by atoms with E-state index in [9.17, 15) is 9.59 Å². The lowest BCUT2D eigenvalue weighted by atomic mass is 10.0. The monoisotopic (exact) mass is 436 g/mol. The van der Waals surface area contributed by atoms with Gasteiger partial charge in [0.1, 0.15) is 6.10 Å². The molecule has 0 saturated carbocycles.